The average molecular weight is 440 g/mol. The number of para-hydroxylation sites is 1. The van der Waals surface area contributed by atoms with E-state index in [1.807, 2.05) is 11.8 Å². The van der Waals surface area contributed by atoms with Crippen molar-refractivity contribution >= 4 is 22.6 Å². The summed E-state index contributed by atoms with van der Waals surface area (Å²) < 4.78 is 0. The van der Waals surface area contributed by atoms with Gasteiger partial charge in [-0.15, -0.1) is 0 Å². The van der Waals surface area contributed by atoms with Crippen LogP contribution in [0.2, 0.25) is 0 Å². The second-order valence-corrected chi connectivity index (χ2v) is 10.4. The van der Waals surface area contributed by atoms with Gasteiger partial charge >= 0.3 is 0 Å². The molecule has 3 fully saturated rings. The molecule has 0 amide bonds. The first-order valence-corrected chi connectivity index (χ1v) is 13.1. The largest absolute Gasteiger partial charge is 0.368 e. The number of piperidine rings is 2. The first kappa shape index (κ1) is 21.2. The molecule has 3 saturated heterocycles. The first-order valence-electron chi connectivity index (χ1n) is 12.3. The fourth-order valence-corrected chi connectivity index (χ4v) is 6.71. The van der Waals surface area contributed by atoms with Gasteiger partial charge in [-0.1, -0.05) is 24.6 Å². The summed E-state index contributed by atoms with van der Waals surface area (Å²) in [6, 6.07) is 11.9. The van der Waals surface area contributed by atoms with E-state index in [0.29, 0.717) is 0 Å². The molecule has 4 aliphatic rings. The Morgan fingerprint density at radius 2 is 1.45 bits per heavy atom. The lowest BCUT2D eigenvalue weighted by Gasteiger charge is -2.43. The summed E-state index contributed by atoms with van der Waals surface area (Å²) in [5.41, 5.74) is 1.35. The van der Waals surface area contributed by atoms with Gasteiger partial charge in [0.15, 0.2) is 5.17 Å². The lowest BCUT2D eigenvalue weighted by atomic mass is 10.0. The van der Waals surface area contributed by atoms with E-state index >= 15 is 0 Å². The smallest absolute Gasteiger partial charge is 0.166 e. The zero-order chi connectivity index (χ0) is 21.0. The molecule has 4 heterocycles. The molecule has 0 radical (unpaired) electrons. The van der Waals surface area contributed by atoms with E-state index < -0.39 is 0 Å². The Morgan fingerprint density at radius 3 is 2.16 bits per heavy atom. The quantitative estimate of drug-likeness (QED) is 0.707. The van der Waals surface area contributed by atoms with Crippen molar-refractivity contribution in [3.63, 3.8) is 0 Å². The molecule has 5 nitrogen and oxygen atoms in total. The number of thioether (sulfide) groups is 1. The van der Waals surface area contributed by atoms with Crippen molar-refractivity contribution in [1.82, 2.24) is 14.7 Å². The molecule has 1 aromatic rings. The number of likely N-dealkylation sites (tertiary alicyclic amines) is 2. The summed E-state index contributed by atoms with van der Waals surface area (Å²) in [6.45, 7) is 11.5. The Morgan fingerprint density at radius 1 is 0.774 bits per heavy atom. The molecule has 0 bridgehead atoms. The van der Waals surface area contributed by atoms with Crippen LogP contribution >= 0.6 is 11.8 Å². The molecular weight excluding hydrogens is 402 g/mol. The summed E-state index contributed by atoms with van der Waals surface area (Å²) in [6.07, 6.45) is 9.17. The van der Waals surface area contributed by atoms with Crippen molar-refractivity contribution < 1.29 is 0 Å². The van der Waals surface area contributed by atoms with Gasteiger partial charge in [-0.2, -0.15) is 0 Å². The highest BCUT2D eigenvalue weighted by Gasteiger charge is 2.30. The normalized spacial score (nSPS) is 26.6. The first-order chi connectivity index (χ1) is 15.3. The van der Waals surface area contributed by atoms with Crippen LogP contribution in [0.25, 0.3) is 0 Å². The Balaban J connectivity index is 1.14. The van der Waals surface area contributed by atoms with Gasteiger partial charge in [0, 0.05) is 51.0 Å². The van der Waals surface area contributed by atoms with Gasteiger partial charge in [0.05, 0.1) is 11.1 Å². The summed E-state index contributed by atoms with van der Waals surface area (Å²) >= 11 is 1.91. The minimum Gasteiger partial charge on any atom is -0.368 e. The molecule has 5 rings (SSSR count). The van der Waals surface area contributed by atoms with Crippen molar-refractivity contribution in [1.29, 1.82) is 0 Å². The molecule has 0 saturated carbocycles. The van der Waals surface area contributed by atoms with Crippen molar-refractivity contribution in [2.75, 3.05) is 57.3 Å². The predicted octanol–water partition coefficient (Wildman–Crippen LogP) is 4.09. The summed E-state index contributed by atoms with van der Waals surface area (Å²) in [5.74, 6) is 0. The molecule has 1 atom stereocenters. The minimum atomic E-state index is 0.276. The van der Waals surface area contributed by atoms with Gasteiger partial charge in [0.25, 0.3) is 0 Å². The van der Waals surface area contributed by atoms with Gasteiger partial charge in [-0.05, 0) is 75.7 Å². The topological polar surface area (TPSA) is 25.3 Å². The van der Waals surface area contributed by atoms with Crippen LogP contribution in [0.15, 0.2) is 46.4 Å². The SMILES string of the molecule is CC1C=C(N2CCN(c3ccccc3)CC2)SC(N2CCC(N3CCCCC3)CC2)=N1. The number of hydrogen-bond donors (Lipinski definition) is 0. The maximum Gasteiger partial charge on any atom is 0.166 e. The van der Waals surface area contributed by atoms with Crippen molar-refractivity contribution in [2.45, 2.75) is 51.1 Å². The Bertz CT molecular complexity index is 772. The van der Waals surface area contributed by atoms with Crippen LogP contribution < -0.4 is 4.90 Å². The number of hydrogen-bond acceptors (Lipinski definition) is 6. The second kappa shape index (κ2) is 9.86. The third-order valence-corrected chi connectivity index (χ3v) is 8.40. The van der Waals surface area contributed by atoms with E-state index in [2.05, 4.69) is 62.9 Å². The highest BCUT2D eigenvalue weighted by atomic mass is 32.2. The molecule has 4 aliphatic heterocycles. The van der Waals surface area contributed by atoms with Gasteiger partial charge in [-0.25, -0.2) is 0 Å². The fourth-order valence-electron chi connectivity index (χ4n) is 5.42. The van der Waals surface area contributed by atoms with Crippen LogP contribution in [0.5, 0.6) is 0 Å². The van der Waals surface area contributed by atoms with E-state index in [1.165, 1.54) is 61.1 Å². The number of benzene rings is 1. The van der Waals surface area contributed by atoms with E-state index in [-0.39, 0.29) is 6.04 Å². The van der Waals surface area contributed by atoms with E-state index in [1.54, 1.807) is 0 Å². The molecule has 0 aromatic heterocycles. The molecule has 0 N–H and O–H groups in total. The predicted molar refractivity (Wildman–Crippen MR) is 133 cm³/mol. The Labute approximate surface area is 192 Å². The van der Waals surface area contributed by atoms with Gasteiger partial charge in [0.1, 0.15) is 0 Å². The van der Waals surface area contributed by atoms with Gasteiger partial charge < -0.3 is 19.6 Å². The summed E-state index contributed by atoms with van der Waals surface area (Å²) in [7, 11) is 0. The van der Waals surface area contributed by atoms with Crippen LogP contribution in [0.1, 0.15) is 39.0 Å². The van der Waals surface area contributed by atoms with Crippen LogP contribution in [-0.4, -0.2) is 84.3 Å². The monoisotopic (exact) mass is 439 g/mol. The lowest BCUT2D eigenvalue weighted by molar-refractivity contribution is 0.115. The summed E-state index contributed by atoms with van der Waals surface area (Å²) in [5, 5.41) is 2.68. The number of rotatable bonds is 3. The minimum absolute atomic E-state index is 0.276. The van der Waals surface area contributed by atoms with Crippen molar-refractivity contribution in [3.8, 4) is 0 Å². The second-order valence-electron chi connectivity index (χ2n) is 9.38. The third-order valence-electron chi connectivity index (χ3n) is 7.25. The Kier molecular flexibility index (Phi) is 6.75. The zero-order valence-electron chi connectivity index (χ0n) is 19.0. The molecule has 0 spiro atoms. The molecule has 6 heteroatoms. The highest BCUT2D eigenvalue weighted by molar-refractivity contribution is 8.17. The van der Waals surface area contributed by atoms with Gasteiger partial charge in [-0.3, -0.25) is 4.99 Å². The number of nitrogens with zero attached hydrogens (tertiary/aromatic N) is 5. The number of piperazine rings is 1. The average Bonchev–Trinajstić information content (AvgIpc) is 2.85. The van der Waals surface area contributed by atoms with Crippen LogP contribution in [0.3, 0.4) is 0 Å². The lowest BCUT2D eigenvalue weighted by Crippen LogP contribution is -2.49. The van der Waals surface area contributed by atoms with Gasteiger partial charge in [0.2, 0.25) is 0 Å². The van der Waals surface area contributed by atoms with Crippen LogP contribution in [0, 0.1) is 0 Å². The van der Waals surface area contributed by atoms with E-state index in [9.17, 15) is 0 Å². The van der Waals surface area contributed by atoms with E-state index in [0.717, 1.165) is 45.3 Å². The number of anilines is 1. The Hall–Kier alpha value is -1.66. The maximum absolute atomic E-state index is 5.03. The third kappa shape index (κ3) is 5.06. The molecular formula is C25H37N5S. The maximum atomic E-state index is 5.03. The molecule has 0 aliphatic carbocycles. The van der Waals surface area contributed by atoms with Crippen LogP contribution in [-0.2, 0) is 0 Å². The standard InChI is InChI=1S/C25H37N5S/c1-21-20-24(29-18-16-28(17-19-29)22-8-4-2-5-9-22)31-25(26-21)30-14-10-23(11-15-30)27-12-6-3-7-13-27/h2,4-5,8-9,20-21,23H,3,6-7,10-19H2,1H3. The molecule has 1 aromatic carbocycles. The van der Waals surface area contributed by atoms with E-state index in [4.69, 9.17) is 4.99 Å². The zero-order valence-corrected chi connectivity index (χ0v) is 19.8. The molecule has 168 valence electrons. The van der Waals surface area contributed by atoms with Crippen LogP contribution in [0.4, 0.5) is 5.69 Å². The number of aliphatic imine (C=N–C) groups is 1. The highest BCUT2D eigenvalue weighted by Crippen LogP contribution is 2.32. The fraction of sp³-hybridized carbons (Fsp3) is 0.640. The van der Waals surface area contributed by atoms with Crippen molar-refractivity contribution in [2.24, 2.45) is 4.99 Å². The molecule has 1 unspecified atom stereocenters. The summed E-state index contributed by atoms with van der Waals surface area (Å²) in [4.78, 5) is 15.4. The molecule has 31 heavy (non-hydrogen) atoms. The number of amidine groups is 1. The van der Waals surface area contributed by atoms with Crippen molar-refractivity contribution in [3.05, 3.63) is 41.4 Å².